The van der Waals surface area contributed by atoms with Crippen molar-refractivity contribution in [3.8, 4) is 28.8 Å². The summed E-state index contributed by atoms with van der Waals surface area (Å²) >= 11 is 0. The van der Waals surface area contributed by atoms with Crippen LogP contribution in [0.5, 0.6) is 17.2 Å². The molecular weight excluding hydrogens is 412 g/mol. The Hall–Kier alpha value is -4.26. The molecular formula is C25H20O7. The summed E-state index contributed by atoms with van der Waals surface area (Å²) in [6.07, 6.45) is 4.20. The number of furan rings is 1. The van der Waals surface area contributed by atoms with Crippen LogP contribution in [0.2, 0.25) is 0 Å². The van der Waals surface area contributed by atoms with E-state index in [0.29, 0.717) is 28.0 Å². The molecule has 0 aliphatic rings. The smallest absolute Gasteiger partial charge is 0.336 e. The Morgan fingerprint density at radius 3 is 2.53 bits per heavy atom. The molecule has 0 radical (unpaired) electrons. The molecule has 0 aliphatic carbocycles. The molecule has 0 atom stereocenters. The van der Waals surface area contributed by atoms with Crippen LogP contribution in [-0.2, 0) is 4.79 Å². The zero-order valence-electron chi connectivity index (χ0n) is 17.7. The number of rotatable bonds is 6. The molecule has 7 nitrogen and oxygen atoms in total. The first kappa shape index (κ1) is 21.0. The first-order chi connectivity index (χ1) is 15.5. The number of esters is 1. The van der Waals surface area contributed by atoms with Crippen molar-refractivity contribution in [2.75, 3.05) is 14.2 Å². The molecule has 0 saturated heterocycles. The predicted molar refractivity (Wildman–Crippen MR) is 119 cm³/mol. The van der Waals surface area contributed by atoms with Crippen LogP contribution in [0.3, 0.4) is 0 Å². The summed E-state index contributed by atoms with van der Waals surface area (Å²) in [5, 5.41) is 0.312. The average molecular weight is 432 g/mol. The van der Waals surface area contributed by atoms with Crippen molar-refractivity contribution >= 4 is 23.0 Å². The van der Waals surface area contributed by atoms with Crippen LogP contribution in [-0.4, -0.2) is 20.2 Å². The maximum atomic E-state index is 13.1. The fourth-order valence-corrected chi connectivity index (χ4v) is 3.21. The molecule has 0 saturated carbocycles. The Kier molecular flexibility index (Phi) is 5.81. The van der Waals surface area contributed by atoms with Gasteiger partial charge in [0.25, 0.3) is 0 Å². The Labute approximate surface area is 183 Å². The van der Waals surface area contributed by atoms with Crippen LogP contribution in [0.1, 0.15) is 11.1 Å². The van der Waals surface area contributed by atoms with Crippen LogP contribution in [0, 0.1) is 6.92 Å². The van der Waals surface area contributed by atoms with Gasteiger partial charge in [0.05, 0.1) is 25.9 Å². The number of carbonyl (C=O) groups is 1. The second-order valence-electron chi connectivity index (χ2n) is 6.94. The lowest BCUT2D eigenvalue weighted by atomic mass is 10.1. The van der Waals surface area contributed by atoms with E-state index < -0.39 is 11.4 Å². The highest BCUT2D eigenvalue weighted by Gasteiger charge is 2.21. The molecule has 0 fully saturated rings. The summed E-state index contributed by atoms with van der Waals surface area (Å²) < 4.78 is 27.1. The fourth-order valence-electron chi connectivity index (χ4n) is 3.21. The first-order valence-electron chi connectivity index (χ1n) is 9.73. The van der Waals surface area contributed by atoms with Crippen molar-refractivity contribution in [3.63, 3.8) is 0 Å². The van der Waals surface area contributed by atoms with Gasteiger partial charge in [-0.1, -0.05) is 17.7 Å². The van der Waals surface area contributed by atoms with Crippen LogP contribution in [0.25, 0.3) is 28.6 Å². The van der Waals surface area contributed by atoms with E-state index in [0.717, 1.165) is 5.56 Å². The fraction of sp³-hybridized carbons (Fsp3) is 0.120. The summed E-state index contributed by atoms with van der Waals surface area (Å²) in [6, 6.07) is 13.7. The molecule has 0 aliphatic heterocycles. The largest absolute Gasteiger partial charge is 0.493 e. The maximum Gasteiger partial charge on any atom is 0.336 e. The minimum atomic E-state index is -0.744. The van der Waals surface area contributed by atoms with Crippen LogP contribution < -0.4 is 19.6 Å². The summed E-state index contributed by atoms with van der Waals surface area (Å²) in [7, 11) is 3.06. The first-order valence-corrected chi connectivity index (χ1v) is 9.73. The lowest BCUT2D eigenvalue weighted by Crippen LogP contribution is -2.14. The molecule has 162 valence electrons. The van der Waals surface area contributed by atoms with Crippen molar-refractivity contribution in [1.82, 2.24) is 0 Å². The Balaban J connectivity index is 1.69. The van der Waals surface area contributed by atoms with E-state index in [-0.39, 0.29) is 17.3 Å². The number of aryl methyl sites for hydroxylation is 1. The van der Waals surface area contributed by atoms with Gasteiger partial charge in [-0.25, -0.2) is 4.79 Å². The second kappa shape index (κ2) is 8.85. The Morgan fingerprint density at radius 2 is 1.81 bits per heavy atom. The molecule has 0 bridgehead atoms. The zero-order valence-corrected chi connectivity index (χ0v) is 17.7. The maximum absolute atomic E-state index is 13.1. The summed E-state index contributed by atoms with van der Waals surface area (Å²) in [4.78, 5) is 25.7. The van der Waals surface area contributed by atoms with E-state index in [9.17, 15) is 9.59 Å². The normalized spacial score (nSPS) is 11.1. The molecule has 0 unspecified atom stereocenters. The SMILES string of the molecule is COc1ccc(/C=C/C(=O)Oc2c(-c3ccco3)oc3ccc(C)cc3c2=O)cc1OC. The third kappa shape index (κ3) is 4.13. The van der Waals surface area contributed by atoms with Crippen molar-refractivity contribution < 1.29 is 27.8 Å². The van der Waals surface area contributed by atoms with E-state index >= 15 is 0 Å². The van der Waals surface area contributed by atoms with E-state index in [1.165, 1.54) is 26.6 Å². The molecule has 0 spiro atoms. The van der Waals surface area contributed by atoms with Gasteiger partial charge in [0, 0.05) is 6.08 Å². The topological polar surface area (TPSA) is 88.1 Å². The van der Waals surface area contributed by atoms with Gasteiger partial charge in [0.2, 0.25) is 16.9 Å². The van der Waals surface area contributed by atoms with Gasteiger partial charge in [-0.3, -0.25) is 4.79 Å². The summed E-state index contributed by atoms with van der Waals surface area (Å²) in [6.45, 7) is 1.86. The van der Waals surface area contributed by atoms with Gasteiger partial charge in [-0.15, -0.1) is 0 Å². The highest BCUT2D eigenvalue weighted by Crippen LogP contribution is 2.32. The highest BCUT2D eigenvalue weighted by molar-refractivity contribution is 5.91. The molecule has 2 aromatic heterocycles. The highest BCUT2D eigenvalue weighted by atomic mass is 16.5. The summed E-state index contributed by atoms with van der Waals surface area (Å²) in [5.41, 5.74) is 1.47. The number of hydrogen-bond acceptors (Lipinski definition) is 7. The number of ether oxygens (including phenoxy) is 3. The lowest BCUT2D eigenvalue weighted by Gasteiger charge is -2.09. The number of fused-ring (bicyclic) bond motifs is 1. The van der Waals surface area contributed by atoms with Crippen molar-refractivity contribution in [1.29, 1.82) is 0 Å². The molecule has 2 aromatic carbocycles. The van der Waals surface area contributed by atoms with Crippen molar-refractivity contribution in [3.05, 3.63) is 82.2 Å². The van der Waals surface area contributed by atoms with Gasteiger partial charge < -0.3 is 23.0 Å². The molecule has 7 heteroatoms. The molecule has 4 rings (SSSR count). The van der Waals surface area contributed by atoms with E-state index in [2.05, 4.69) is 0 Å². The van der Waals surface area contributed by atoms with Gasteiger partial charge in [0.1, 0.15) is 5.58 Å². The molecule has 32 heavy (non-hydrogen) atoms. The lowest BCUT2D eigenvalue weighted by molar-refractivity contribution is -0.129. The van der Waals surface area contributed by atoms with Crippen LogP contribution in [0.4, 0.5) is 0 Å². The van der Waals surface area contributed by atoms with Crippen LogP contribution in [0.15, 0.2) is 74.5 Å². The Morgan fingerprint density at radius 1 is 1.00 bits per heavy atom. The standard InChI is InChI=1S/C25H20O7/c1-15-6-9-18-17(13-15)23(27)25(24(31-18)20-5-4-12-30-20)32-22(26)11-8-16-7-10-19(28-2)21(14-16)29-3/h4-14H,1-3H3/b11-8+. The van der Waals surface area contributed by atoms with Gasteiger partial charge >= 0.3 is 5.97 Å². The number of methoxy groups -OCH3 is 2. The molecule has 0 N–H and O–H groups in total. The van der Waals surface area contributed by atoms with E-state index in [1.54, 1.807) is 48.5 Å². The van der Waals surface area contributed by atoms with Gasteiger partial charge in [-0.2, -0.15) is 0 Å². The minimum Gasteiger partial charge on any atom is -0.493 e. The number of hydrogen-bond donors (Lipinski definition) is 0. The average Bonchev–Trinajstić information content (AvgIpc) is 3.34. The van der Waals surface area contributed by atoms with Crippen LogP contribution >= 0.6 is 0 Å². The number of carbonyl (C=O) groups excluding carboxylic acids is 1. The van der Waals surface area contributed by atoms with Crippen molar-refractivity contribution in [2.24, 2.45) is 0 Å². The monoisotopic (exact) mass is 432 g/mol. The van der Waals surface area contributed by atoms with Crippen molar-refractivity contribution in [2.45, 2.75) is 6.92 Å². The zero-order chi connectivity index (χ0) is 22.7. The second-order valence-corrected chi connectivity index (χ2v) is 6.94. The van der Waals surface area contributed by atoms with Gasteiger partial charge in [-0.05, 0) is 55.0 Å². The molecule has 2 heterocycles. The summed E-state index contributed by atoms with van der Waals surface area (Å²) in [5.74, 6) is 0.431. The van der Waals surface area contributed by atoms with E-state index in [1.807, 2.05) is 13.0 Å². The third-order valence-electron chi connectivity index (χ3n) is 4.77. The molecule has 0 amide bonds. The Bertz CT molecular complexity index is 1360. The third-order valence-corrected chi connectivity index (χ3v) is 4.77. The number of benzene rings is 2. The van der Waals surface area contributed by atoms with E-state index in [4.69, 9.17) is 23.0 Å². The molecule has 4 aromatic rings. The quantitative estimate of drug-likeness (QED) is 0.313. The predicted octanol–water partition coefficient (Wildman–Crippen LogP) is 5.00. The minimum absolute atomic E-state index is 0.0456. The van der Waals surface area contributed by atoms with Gasteiger partial charge in [0.15, 0.2) is 17.3 Å².